The Kier molecular flexibility index (Phi) is 4.37. The molecule has 2 N–H and O–H groups in total. The highest BCUT2D eigenvalue weighted by molar-refractivity contribution is 6.10. The van der Waals surface area contributed by atoms with E-state index in [-0.39, 0.29) is 18.1 Å². The fourth-order valence-electron chi connectivity index (χ4n) is 2.85. The summed E-state index contributed by atoms with van der Waals surface area (Å²) in [6, 6.07) is 11.7. The van der Waals surface area contributed by atoms with Gasteiger partial charge in [0, 0.05) is 17.7 Å². The van der Waals surface area contributed by atoms with E-state index in [9.17, 15) is 9.59 Å². The minimum absolute atomic E-state index is 0.0783. The van der Waals surface area contributed by atoms with Gasteiger partial charge in [0.05, 0.1) is 18.7 Å². The van der Waals surface area contributed by atoms with Gasteiger partial charge in [-0.15, -0.1) is 0 Å². The summed E-state index contributed by atoms with van der Waals surface area (Å²) in [5, 5.41) is 9.74. The van der Waals surface area contributed by atoms with Crippen molar-refractivity contribution in [3.05, 3.63) is 58.9 Å². The quantitative estimate of drug-likeness (QED) is 0.891. The third-order valence-electron chi connectivity index (χ3n) is 3.99. The van der Waals surface area contributed by atoms with Crippen molar-refractivity contribution in [2.45, 2.75) is 32.7 Å². The first kappa shape index (κ1) is 15.2. The van der Waals surface area contributed by atoms with E-state index in [4.69, 9.17) is 0 Å². The second-order valence-electron chi connectivity index (χ2n) is 5.74. The molecule has 1 aliphatic rings. The number of carbonyl (C=O) groups excluding carboxylic acids is 2. The van der Waals surface area contributed by atoms with E-state index in [1.54, 1.807) is 0 Å². The molecule has 1 aliphatic carbocycles. The topological polar surface area (TPSA) is 74.8 Å². The van der Waals surface area contributed by atoms with Crippen molar-refractivity contribution in [3.63, 3.8) is 0 Å². The SMILES string of the molecule is Cc1cc(CNC(=O)CC2=C(c3ccccc3)CCC2=O)n[nH]1. The van der Waals surface area contributed by atoms with Crippen molar-refractivity contribution in [1.29, 1.82) is 0 Å². The number of amides is 1. The van der Waals surface area contributed by atoms with E-state index in [0.29, 0.717) is 25.0 Å². The largest absolute Gasteiger partial charge is 0.350 e. The van der Waals surface area contributed by atoms with Crippen molar-refractivity contribution in [2.24, 2.45) is 0 Å². The molecule has 1 heterocycles. The number of hydrogen-bond donors (Lipinski definition) is 2. The number of nitrogens with one attached hydrogen (secondary N) is 2. The predicted octanol–water partition coefficient (Wildman–Crippen LogP) is 2.54. The van der Waals surface area contributed by atoms with E-state index in [1.807, 2.05) is 43.3 Å². The molecular weight excluding hydrogens is 290 g/mol. The van der Waals surface area contributed by atoms with Crippen LogP contribution in [0.15, 0.2) is 42.0 Å². The van der Waals surface area contributed by atoms with Crippen LogP contribution in [0.4, 0.5) is 0 Å². The molecule has 5 heteroatoms. The molecule has 0 radical (unpaired) electrons. The van der Waals surface area contributed by atoms with Crippen LogP contribution < -0.4 is 5.32 Å². The maximum absolute atomic E-state index is 12.2. The molecule has 0 saturated carbocycles. The van der Waals surface area contributed by atoms with Gasteiger partial charge in [0.2, 0.25) is 5.91 Å². The van der Waals surface area contributed by atoms with Crippen LogP contribution in [0.5, 0.6) is 0 Å². The number of aromatic amines is 1. The molecular formula is C18H19N3O2. The van der Waals surface area contributed by atoms with E-state index in [1.165, 1.54) is 0 Å². The number of carbonyl (C=O) groups is 2. The molecule has 1 aromatic carbocycles. The minimum atomic E-state index is -0.149. The summed E-state index contributed by atoms with van der Waals surface area (Å²) in [6.07, 6.45) is 1.34. The lowest BCUT2D eigenvalue weighted by Crippen LogP contribution is -2.24. The highest BCUT2D eigenvalue weighted by atomic mass is 16.2. The summed E-state index contributed by atoms with van der Waals surface area (Å²) in [5.74, 6) is -0.0704. The van der Waals surface area contributed by atoms with Crippen LogP contribution in [0.3, 0.4) is 0 Å². The van der Waals surface area contributed by atoms with Crippen LogP contribution in [0, 0.1) is 6.92 Å². The number of H-pyrrole nitrogens is 1. The maximum atomic E-state index is 12.2. The number of ketones is 1. The molecule has 118 valence electrons. The minimum Gasteiger partial charge on any atom is -0.350 e. The maximum Gasteiger partial charge on any atom is 0.224 e. The summed E-state index contributed by atoms with van der Waals surface area (Å²) < 4.78 is 0. The molecule has 0 aliphatic heterocycles. The molecule has 0 saturated heterocycles. The van der Waals surface area contributed by atoms with Crippen LogP contribution in [0.2, 0.25) is 0 Å². The Balaban J connectivity index is 1.69. The zero-order valence-corrected chi connectivity index (χ0v) is 13.1. The zero-order valence-electron chi connectivity index (χ0n) is 13.1. The Morgan fingerprint density at radius 3 is 2.74 bits per heavy atom. The van der Waals surface area contributed by atoms with Gasteiger partial charge in [-0.2, -0.15) is 5.10 Å². The molecule has 23 heavy (non-hydrogen) atoms. The smallest absolute Gasteiger partial charge is 0.224 e. The average molecular weight is 309 g/mol. The monoisotopic (exact) mass is 309 g/mol. The third-order valence-corrected chi connectivity index (χ3v) is 3.99. The van der Waals surface area contributed by atoms with Gasteiger partial charge >= 0.3 is 0 Å². The molecule has 3 rings (SSSR count). The van der Waals surface area contributed by atoms with Gasteiger partial charge in [-0.3, -0.25) is 14.7 Å². The zero-order chi connectivity index (χ0) is 16.2. The van der Waals surface area contributed by atoms with Gasteiger partial charge in [-0.05, 0) is 30.5 Å². The first-order valence-electron chi connectivity index (χ1n) is 7.71. The van der Waals surface area contributed by atoms with E-state index in [0.717, 1.165) is 22.5 Å². The van der Waals surface area contributed by atoms with Gasteiger partial charge in [-0.25, -0.2) is 0 Å². The van der Waals surface area contributed by atoms with Crippen LogP contribution in [-0.2, 0) is 16.1 Å². The molecule has 2 aromatic rings. The Morgan fingerprint density at radius 1 is 1.26 bits per heavy atom. The second-order valence-corrected chi connectivity index (χ2v) is 5.74. The lowest BCUT2D eigenvalue weighted by molar-refractivity contribution is -0.122. The van der Waals surface area contributed by atoms with Crippen molar-refractivity contribution in [1.82, 2.24) is 15.5 Å². The van der Waals surface area contributed by atoms with E-state index in [2.05, 4.69) is 15.5 Å². The fraction of sp³-hybridized carbons (Fsp3) is 0.278. The van der Waals surface area contributed by atoms with Crippen LogP contribution in [0.1, 0.15) is 36.2 Å². The van der Waals surface area contributed by atoms with Crippen molar-refractivity contribution in [2.75, 3.05) is 0 Å². The fourth-order valence-corrected chi connectivity index (χ4v) is 2.85. The van der Waals surface area contributed by atoms with Gasteiger partial charge < -0.3 is 5.32 Å². The third kappa shape index (κ3) is 3.56. The molecule has 0 spiro atoms. The van der Waals surface area contributed by atoms with Crippen LogP contribution in [-0.4, -0.2) is 21.9 Å². The van der Waals surface area contributed by atoms with Crippen LogP contribution in [0.25, 0.3) is 5.57 Å². The Morgan fingerprint density at radius 2 is 2.04 bits per heavy atom. The summed E-state index contributed by atoms with van der Waals surface area (Å²) in [7, 11) is 0. The van der Waals surface area contributed by atoms with Gasteiger partial charge in [0.25, 0.3) is 0 Å². The Bertz CT molecular complexity index is 760. The lowest BCUT2D eigenvalue weighted by atomic mass is 10.00. The van der Waals surface area contributed by atoms with Gasteiger partial charge in [0.1, 0.15) is 0 Å². The standard InChI is InChI=1S/C18H19N3O2/c1-12-9-14(21-20-12)11-19-18(23)10-16-15(7-8-17(16)22)13-5-3-2-4-6-13/h2-6,9H,7-8,10-11H2,1H3,(H,19,23)(H,20,21). The van der Waals surface area contributed by atoms with Crippen LogP contribution >= 0.6 is 0 Å². The van der Waals surface area contributed by atoms with Gasteiger partial charge in [-0.1, -0.05) is 30.3 Å². The van der Waals surface area contributed by atoms with E-state index >= 15 is 0 Å². The summed E-state index contributed by atoms with van der Waals surface area (Å²) >= 11 is 0. The number of rotatable bonds is 5. The number of Topliss-reactive ketones (excluding diaryl/α,β-unsaturated/α-hetero) is 1. The Labute approximate surface area is 134 Å². The normalized spacial score (nSPS) is 14.4. The predicted molar refractivity (Wildman–Crippen MR) is 87.4 cm³/mol. The second kappa shape index (κ2) is 6.60. The Hall–Kier alpha value is -2.69. The molecule has 1 amide bonds. The summed E-state index contributed by atoms with van der Waals surface area (Å²) in [6.45, 7) is 2.28. The highest BCUT2D eigenvalue weighted by Gasteiger charge is 2.25. The summed E-state index contributed by atoms with van der Waals surface area (Å²) in [5.41, 5.74) is 4.41. The lowest BCUT2D eigenvalue weighted by Gasteiger charge is -2.07. The molecule has 0 atom stereocenters. The highest BCUT2D eigenvalue weighted by Crippen LogP contribution is 2.33. The molecule has 0 bridgehead atoms. The molecule has 1 aromatic heterocycles. The number of benzene rings is 1. The van der Waals surface area contributed by atoms with Crippen molar-refractivity contribution < 1.29 is 9.59 Å². The number of nitrogens with zero attached hydrogens (tertiary/aromatic N) is 1. The first-order chi connectivity index (χ1) is 11.1. The summed E-state index contributed by atoms with van der Waals surface area (Å²) in [4.78, 5) is 24.3. The molecule has 0 fully saturated rings. The molecule has 0 unspecified atom stereocenters. The number of hydrogen-bond acceptors (Lipinski definition) is 3. The number of aromatic nitrogens is 2. The number of aryl methyl sites for hydroxylation is 1. The number of allylic oxidation sites excluding steroid dienone is 1. The first-order valence-corrected chi connectivity index (χ1v) is 7.71. The average Bonchev–Trinajstić information content (AvgIpc) is 3.13. The van der Waals surface area contributed by atoms with E-state index < -0.39 is 0 Å². The van der Waals surface area contributed by atoms with Crippen molar-refractivity contribution in [3.8, 4) is 0 Å². The van der Waals surface area contributed by atoms with Crippen molar-refractivity contribution >= 4 is 17.3 Å². The van der Waals surface area contributed by atoms with Gasteiger partial charge in [0.15, 0.2) is 5.78 Å². The molecule has 5 nitrogen and oxygen atoms in total.